The van der Waals surface area contributed by atoms with Gasteiger partial charge in [-0.2, -0.15) is 0 Å². The Morgan fingerprint density at radius 2 is 2.06 bits per heavy atom. The SMILES string of the molecule is COCC(=O)Nc1ccc(N2C(=S)N[C@@H](c3ccccn3)[C@H]2c2ccn(C3CCCC3)c2)cc1C. The van der Waals surface area contributed by atoms with Gasteiger partial charge < -0.3 is 24.8 Å². The van der Waals surface area contributed by atoms with E-state index in [1.165, 1.54) is 38.4 Å². The zero-order valence-corrected chi connectivity index (χ0v) is 20.9. The molecule has 35 heavy (non-hydrogen) atoms. The van der Waals surface area contributed by atoms with Gasteiger partial charge in [0.2, 0.25) is 5.91 Å². The van der Waals surface area contributed by atoms with Crippen LogP contribution in [-0.2, 0) is 9.53 Å². The Balaban J connectivity index is 1.50. The lowest BCUT2D eigenvalue weighted by Gasteiger charge is -2.28. The van der Waals surface area contributed by atoms with E-state index in [0.717, 1.165) is 22.6 Å². The topological polar surface area (TPSA) is 71.4 Å². The molecule has 0 spiro atoms. The van der Waals surface area contributed by atoms with Gasteiger partial charge in [0.05, 0.1) is 17.8 Å². The highest BCUT2D eigenvalue weighted by Crippen LogP contribution is 2.43. The third kappa shape index (κ3) is 4.81. The average Bonchev–Trinajstić information content (AvgIpc) is 3.61. The molecule has 1 saturated heterocycles. The molecule has 5 rings (SSSR count). The largest absolute Gasteiger partial charge is 0.375 e. The number of methoxy groups -OCH3 is 1. The van der Waals surface area contributed by atoms with Crippen LogP contribution in [0.4, 0.5) is 11.4 Å². The molecule has 0 unspecified atom stereocenters. The van der Waals surface area contributed by atoms with Gasteiger partial charge in [0.15, 0.2) is 5.11 Å². The summed E-state index contributed by atoms with van der Waals surface area (Å²) in [6, 6.07) is 14.7. The molecule has 1 aliphatic heterocycles. The number of hydrogen-bond donors (Lipinski definition) is 2. The third-order valence-corrected chi connectivity index (χ3v) is 7.28. The second kappa shape index (κ2) is 10.2. The van der Waals surface area contributed by atoms with Crippen LogP contribution in [-0.4, -0.2) is 34.3 Å². The van der Waals surface area contributed by atoms with E-state index in [2.05, 4.69) is 49.6 Å². The lowest BCUT2D eigenvalue weighted by Crippen LogP contribution is -2.29. The van der Waals surface area contributed by atoms with Gasteiger partial charge in [-0.1, -0.05) is 18.9 Å². The maximum absolute atomic E-state index is 12.0. The number of ether oxygens (including phenoxy) is 1. The molecular weight excluding hydrogens is 458 g/mol. The van der Waals surface area contributed by atoms with Crippen LogP contribution in [0.15, 0.2) is 61.1 Å². The lowest BCUT2D eigenvalue weighted by molar-refractivity contribution is -0.119. The number of rotatable bonds is 7. The second-order valence-corrected chi connectivity index (χ2v) is 9.69. The number of carbonyl (C=O) groups is 1. The second-order valence-electron chi connectivity index (χ2n) is 9.31. The zero-order valence-electron chi connectivity index (χ0n) is 20.1. The first-order valence-corrected chi connectivity index (χ1v) is 12.5. The van der Waals surface area contributed by atoms with Crippen molar-refractivity contribution in [3.05, 3.63) is 77.9 Å². The minimum atomic E-state index is -0.178. The quantitative estimate of drug-likeness (QED) is 0.452. The minimum Gasteiger partial charge on any atom is -0.375 e. The van der Waals surface area contributed by atoms with Crippen LogP contribution in [0.25, 0.3) is 0 Å². The van der Waals surface area contributed by atoms with Gasteiger partial charge in [0.1, 0.15) is 6.61 Å². The van der Waals surface area contributed by atoms with E-state index in [1.807, 2.05) is 43.5 Å². The number of pyridine rings is 1. The summed E-state index contributed by atoms with van der Waals surface area (Å²) in [6.45, 7) is 2.01. The molecule has 0 bridgehead atoms. The molecule has 2 atom stereocenters. The molecule has 3 aromatic rings. The highest BCUT2D eigenvalue weighted by molar-refractivity contribution is 7.80. The van der Waals surface area contributed by atoms with Crippen molar-refractivity contribution in [1.29, 1.82) is 0 Å². The average molecular weight is 490 g/mol. The number of aromatic nitrogens is 2. The normalized spacial score (nSPS) is 20.3. The fraction of sp³-hybridized carbons (Fsp3) is 0.370. The van der Waals surface area contributed by atoms with Crippen molar-refractivity contribution in [2.24, 2.45) is 0 Å². The third-order valence-electron chi connectivity index (χ3n) is 6.96. The molecule has 1 amide bonds. The van der Waals surface area contributed by atoms with Gasteiger partial charge in [-0.25, -0.2) is 0 Å². The molecule has 2 aromatic heterocycles. The Bertz CT molecular complexity index is 1210. The van der Waals surface area contributed by atoms with E-state index < -0.39 is 0 Å². The van der Waals surface area contributed by atoms with Crippen LogP contribution in [0.3, 0.4) is 0 Å². The van der Waals surface area contributed by atoms with Gasteiger partial charge >= 0.3 is 0 Å². The molecule has 1 aliphatic carbocycles. The molecule has 8 heteroatoms. The van der Waals surface area contributed by atoms with Crippen LogP contribution in [0.5, 0.6) is 0 Å². The Labute approximate surface area is 211 Å². The predicted molar refractivity (Wildman–Crippen MR) is 142 cm³/mol. The molecule has 2 fully saturated rings. The molecule has 182 valence electrons. The molecular formula is C27H31N5O2S. The fourth-order valence-corrected chi connectivity index (χ4v) is 5.61. The molecule has 2 aliphatic rings. The molecule has 1 saturated carbocycles. The lowest BCUT2D eigenvalue weighted by atomic mass is 9.98. The van der Waals surface area contributed by atoms with Gasteiger partial charge in [0.25, 0.3) is 0 Å². The Kier molecular flexibility index (Phi) is 6.83. The van der Waals surface area contributed by atoms with Crippen LogP contribution < -0.4 is 15.5 Å². The van der Waals surface area contributed by atoms with Crippen molar-refractivity contribution in [2.45, 2.75) is 50.7 Å². The number of benzene rings is 1. The van der Waals surface area contributed by atoms with Crippen molar-refractivity contribution in [3.8, 4) is 0 Å². The van der Waals surface area contributed by atoms with Crippen LogP contribution in [0, 0.1) is 6.92 Å². The summed E-state index contributed by atoms with van der Waals surface area (Å²) < 4.78 is 7.31. The first kappa shape index (κ1) is 23.5. The van der Waals surface area contributed by atoms with Crippen molar-refractivity contribution >= 4 is 34.6 Å². The molecule has 7 nitrogen and oxygen atoms in total. The summed E-state index contributed by atoms with van der Waals surface area (Å²) in [5.74, 6) is -0.178. The number of thiocarbonyl (C=S) groups is 1. The van der Waals surface area contributed by atoms with Crippen LogP contribution >= 0.6 is 12.2 Å². The number of nitrogens with one attached hydrogen (secondary N) is 2. The molecule has 3 heterocycles. The summed E-state index contributed by atoms with van der Waals surface area (Å²) in [7, 11) is 1.51. The van der Waals surface area contributed by atoms with Crippen molar-refractivity contribution < 1.29 is 9.53 Å². The monoisotopic (exact) mass is 489 g/mol. The van der Waals surface area contributed by atoms with Gasteiger partial charge in [-0.15, -0.1) is 0 Å². The number of hydrogen-bond acceptors (Lipinski definition) is 4. The number of anilines is 2. The number of aryl methyl sites for hydroxylation is 1. The Morgan fingerprint density at radius 1 is 1.23 bits per heavy atom. The molecule has 0 radical (unpaired) electrons. The molecule has 1 aromatic carbocycles. The highest BCUT2D eigenvalue weighted by atomic mass is 32.1. The van der Waals surface area contributed by atoms with Gasteiger partial charge in [-0.3, -0.25) is 9.78 Å². The summed E-state index contributed by atoms with van der Waals surface area (Å²) in [6.07, 6.45) is 11.4. The summed E-state index contributed by atoms with van der Waals surface area (Å²) in [5, 5.41) is 7.10. The summed E-state index contributed by atoms with van der Waals surface area (Å²) in [5.41, 5.74) is 4.85. The van der Waals surface area contributed by atoms with Crippen molar-refractivity contribution in [2.75, 3.05) is 23.9 Å². The van der Waals surface area contributed by atoms with Crippen molar-refractivity contribution in [3.63, 3.8) is 0 Å². The smallest absolute Gasteiger partial charge is 0.250 e. The first-order valence-electron chi connectivity index (χ1n) is 12.1. The predicted octanol–water partition coefficient (Wildman–Crippen LogP) is 5.07. The highest BCUT2D eigenvalue weighted by Gasteiger charge is 2.41. The maximum atomic E-state index is 12.0. The standard InChI is InChI=1S/C27H31N5O2S/c1-18-15-21(10-11-22(18)29-24(33)17-34-2)32-26(19-12-14-31(16-19)20-7-3-4-8-20)25(30-27(32)35)23-9-5-6-13-28-23/h5-6,9-16,20,25-26H,3-4,7-8,17H2,1-2H3,(H,29,33)(H,30,35)/t25-,26+/m0/s1. The number of amides is 1. The Morgan fingerprint density at radius 3 is 2.77 bits per heavy atom. The van der Waals surface area contributed by atoms with E-state index >= 15 is 0 Å². The summed E-state index contributed by atoms with van der Waals surface area (Å²) >= 11 is 5.87. The van der Waals surface area contributed by atoms with E-state index in [1.54, 1.807) is 0 Å². The van der Waals surface area contributed by atoms with E-state index in [4.69, 9.17) is 17.0 Å². The van der Waals surface area contributed by atoms with E-state index in [0.29, 0.717) is 11.2 Å². The van der Waals surface area contributed by atoms with Crippen LogP contribution in [0.2, 0.25) is 0 Å². The molecule has 2 N–H and O–H groups in total. The minimum absolute atomic E-state index is 0.0210. The van der Waals surface area contributed by atoms with E-state index in [9.17, 15) is 4.79 Å². The summed E-state index contributed by atoms with van der Waals surface area (Å²) in [4.78, 5) is 18.8. The Hall–Kier alpha value is -3.23. The number of nitrogens with zero attached hydrogens (tertiary/aromatic N) is 3. The number of carbonyl (C=O) groups excluding carboxylic acids is 1. The van der Waals surface area contributed by atoms with Gasteiger partial charge in [-0.05, 0) is 79.5 Å². The fourth-order valence-electron chi connectivity index (χ4n) is 5.26. The maximum Gasteiger partial charge on any atom is 0.250 e. The zero-order chi connectivity index (χ0) is 24.4. The van der Waals surface area contributed by atoms with E-state index in [-0.39, 0.29) is 24.6 Å². The first-order chi connectivity index (χ1) is 17.0. The van der Waals surface area contributed by atoms with Crippen LogP contribution in [0.1, 0.15) is 60.6 Å². The van der Waals surface area contributed by atoms with Crippen molar-refractivity contribution in [1.82, 2.24) is 14.9 Å². The van der Waals surface area contributed by atoms with Gasteiger partial charge in [0, 0.05) is 43.1 Å².